The molecule has 0 atom stereocenters. The summed E-state index contributed by atoms with van der Waals surface area (Å²) in [5.41, 5.74) is 0.195. The van der Waals surface area contributed by atoms with Gasteiger partial charge in [0, 0.05) is 39.1 Å². The molecule has 0 bridgehead atoms. The molecule has 8 heteroatoms. The van der Waals surface area contributed by atoms with Crippen LogP contribution in [-0.2, 0) is 7.05 Å². The van der Waals surface area contributed by atoms with Gasteiger partial charge in [-0.05, 0) is 18.2 Å². The first-order valence-electron chi connectivity index (χ1n) is 6.45. The highest BCUT2D eigenvalue weighted by atomic mass is 19.1. The van der Waals surface area contributed by atoms with Gasteiger partial charge in [0.25, 0.3) is 5.91 Å². The van der Waals surface area contributed by atoms with E-state index >= 15 is 0 Å². The van der Waals surface area contributed by atoms with Crippen molar-refractivity contribution in [1.82, 2.24) is 14.7 Å². The minimum atomic E-state index is -0.644. The highest BCUT2D eigenvalue weighted by Gasteiger charge is 2.15. The largest absolute Gasteiger partial charge is 0.345 e. The lowest BCUT2D eigenvalue weighted by Crippen LogP contribution is -2.24. The highest BCUT2D eigenvalue weighted by molar-refractivity contribution is 6.01. The number of aryl methyl sites for hydroxylation is 1. The van der Waals surface area contributed by atoms with Gasteiger partial charge in [-0.2, -0.15) is 5.10 Å². The van der Waals surface area contributed by atoms with Crippen LogP contribution in [-0.4, -0.2) is 40.7 Å². The number of hydrogen-bond donors (Lipinski definition) is 2. The van der Waals surface area contributed by atoms with Crippen LogP contribution in [0, 0.1) is 5.82 Å². The summed E-state index contributed by atoms with van der Waals surface area (Å²) in [7, 11) is 4.77. The first-order valence-corrected chi connectivity index (χ1v) is 6.45. The molecule has 0 radical (unpaired) electrons. The van der Waals surface area contributed by atoms with Crippen molar-refractivity contribution in [3.63, 3.8) is 0 Å². The van der Waals surface area contributed by atoms with Crippen LogP contribution in [0.3, 0.4) is 0 Å². The Morgan fingerprint density at radius 2 is 1.95 bits per heavy atom. The maximum Gasteiger partial charge on any atom is 0.324 e. The molecule has 116 valence electrons. The summed E-state index contributed by atoms with van der Waals surface area (Å²) < 4.78 is 15.2. The van der Waals surface area contributed by atoms with E-state index in [1.165, 1.54) is 31.1 Å². The molecule has 2 rings (SSSR count). The monoisotopic (exact) mass is 305 g/mol. The molecule has 1 heterocycles. The zero-order valence-electron chi connectivity index (χ0n) is 12.4. The van der Waals surface area contributed by atoms with Crippen molar-refractivity contribution < 1.29 is 14.0 Å². The number of rotatable bonds is 3. The van der Waals surface area contributed by atoms with Crippen LogP contribution in [0.2, 0.25) is 0 Å². The van der Waals surface area contributed by atoms with Crippen molar-refractivity contribution in [3.8, 4) is 0 Å². The molecule has 1 aromatic carbocycles. The van der Waals surface area contributed by atoms with Crippen molar-refractivity contribution in [2.24, 2.45) is 7.05 Å². The lowest BCUT2D eigenvalue weighted by molar-refractivity contribution is 0.0823. The summed E-state index contributed by atoms with van der Waals surface area (Å²) in [5.74, 6) is -0.743. The predicted molar refractivity (Wildman–Crippen MR) is 80.3 cm³/mol. The Labute approximate surface area is 126 Å². The molecule has 7 nitrogen and oxygen atoms in total. The second-order valence-corrected chi connectivity index (χ2v) is 4.85. The second-order valence-electron chi connectivity index (χ2n) is 4.85. The molecule has 0 aliphatic carbocycles. The number of carbonyl (C=O) groups is 2. The van der Waals surface area contributed by atoms with Gasteiger partial charge >= 0.3 is 6.03 Å². The Morgan fingerprint density at radius 3 is 2.55 bits per heavy atom. The van der Waals surface area contributed by atoms with Gasteiger partial charge in [-0.25, -0.2) is 9.18 Å². The summed E-state index contributed by atoms with van der Waals surface area (Å²) >= 11 is 0. The fraction of sp³-hybridized carbons (Fsp3) is 0.214. The lowest BCUT2D eigenvalue weighted by atomic mass is 10.1. The Kier molecular flexibility index (Phi) is 4.40. The van der Waals surface area contributed by atoms with Crippen molar-refractivity contribution in [2.45, 2.75) is 0 Å². The van der Waals surface area contributed by atoms with Crippen LogP contribution in [0.25, 0.3) is 0 Å². The Hall–Kier alpha value is -2.90. The Bertz CT molecular complexity index is 711. The van der Waals surface area contributed by atoms with E-state index in [0.29, 0.717) is 11.5 Å². The average molecular weight is 305 g/mol. The minimum Gasteiger partial charge on any atom is -0.345 e. The molecule has 2 N–H and O–H groups in total. The summed E-state index contributed by atoms with van der Waals surface area (Å²) in [6.07, 6.45) is 1.68. The van der Waals surface area contributed by atoms with Gasteiger partial charge in [-0.15, -0.1) is 0 Å². The number of halogens is 1. The van der Waals surface area contributed by atoms with E-state index in [4.69, 9.17) is 0 Å². The van der Waals surface area contributed by atoms with Gasteiger partial charge in [0.15, 0.2) is 5.82 Å². The van der Waals surface area contributed by atoms with E-state index in [1.807, 2.05) is 0 Å². The lowest BCUT2D eigenvalue weighted by Gasteiger charge is -2.12. The third-order valence-electron chi connectivity index (χ3n) is 2.82. The zero-order chi connectivity index (χ0) is 16.3. The number of benzene rings is 1. The second kappa shape index (κ2) is 6.25. The Balaban J connectivity index is 2.11. The number of nitrogens with one attached hydrogen (secondary N) is 2. The van der Waals surface area contributed by atoms with Gasteiger partial charge in [-0.3, -0.25) is 14.8 Å². The molecule has 22 heavy (non-hydrogen) atoms. The van der Waals surface area contributed by atoms with Gasteiger partial charge in [0.05, 0.1) is 5.56 Å². The predicted octanol–water partition coefficient (Wildman–Crippen LogP) is 1.91. The van der Waals surface area contributed by atoms with E-state index in [0.717, 1.165) is 6.07 Å². The van der Waals surface area contributed by atoms with Crippen molar-refractivity contribution in [1.29, 1.82) is 0 Å². The fourth-order valence-electron chi connectivity index (χ4n) is 1.77. The van der Waals surface area contributed by atoms with E-state index in [1.54, 1.807) is 24.0 Å². The van der Waals surface area contributed by atoms with Gasteiger partial charge in [0.2, 0.25) is 0 Å². The average Bonchev–Trinajstić information content (AvgIpc) is 2.85. The fourth-order valence-corrected chi connectivity index (χ4v) is 1.77. The molecule has 0 aliphatic heterocycles. The third-order valence-corrected chi connectivity index (χ3v) is 2.82. The summed E-state index contributed by atoms with van der Waals surface area (Å²) in [5, 5.41) is 9.05. The molecular weight excluding hydrogens is 289 g/mol. The van der Waals surface area contributed by atoms with Crippen molar-refractivity contribution >= 4 is 23.4 Å². The highest BCUT2D eigenvalue weighted by Crippen LogP contribution is 2.16. The number of aromatic nitrogens is 2. The van der Waals surface area contributed by atoms with Gasteiger partial charge < -0.3 is 10.2 Å². The SMILES string of the molecule is CN(C)C(=O)c1cc(NC(=O)Nc2ccn(C)n2)ccc1F. The van der Waals surface area contributed by atoms with Gasteiger partial charge in [0.1, 0.15) is 5.82 Å². The van der Waals surface area contributed by atoms with Crippen LogP contribution in [0.1, 0.15) is 10.4 Å². The number of nitrogens with zero attached hydrogens (tertiary/aromatic N) is 3. The molecule has 3 amide bonds. The molecular formula is C14H16FN5O2. The van der Waals surface area contributed by atoms with Crippen LogP contribution in [0.4, 0.5) is 20.7 Å². The summed E-state index contributed by atoms with van der Waals surface area (Å²) in [6, 6.07) is 4.89. The van der Waals surface area contributed by atoms with Crippen molar-refractivity contribution in [2.75, 3.05) is 24.7 Å². The van der Waals surface area contributed by atoms with Crippen LogP contribution in [0.5, 0.6) is 0 Å². The van der Waals surface area contributed by atoms with Crippen LogP contribution in [0.15, 0.2) is 30.5 Å². The number of urea groups is 1. The number of amides is 3. The molecule has 0 saturated carbocycles. The number of anilines is 2. The normalized spacial score (nSPS) is 10.2. The molecule has 0 spiro atoms. The van der Waals surface area contributed by atoms with E-state index in [-0.39, 0.29) is 5.56 Å². The quantitative estimate of drug-likeness (QED) is 0.909. The maximum atomic E-state index is 13.7. The number of carbonyl (C=O) groups excluding carboxylic acids is 2. The molecule has 1 aromatic heterocycles. The topological polar surface area (TPSA) is 79.3 Å². The van der Waals surface area contributed by atoms with Crippen LogP contribution < -0.4 is 10.6 Å². The molecule has 0 saturated heterocycles. The van der Waals surface area contributed by atoms with Crippen LogP contribution >= 0.6 is 0 Å². The first kappa shape index (κ1) is 15.5. The molecule has 0 aliphatic rings. The van der Waals surface area contributed by atoms with Gasteiger partial charge in [-0.1, -0.05) is 0 Å². The Morgan fingerprint density at radius 1 is 1.23 bits per heavy atom. The maximum absolute atomic E-state index is 13.7. The molecule has 2 aromatic rings. The number of hydrogen-bond acceptors (Lipinski definition) is 3. The first-order chi connectivity index (χ1) is 10.4. The minimum absolute atomic E-state index is 0.111. The smallest absolute Gasteiger partial charge is 0.324 e. The molecule has 0 fully saturated rings. The van der Waals surface area contributed by atoms with E-state index < -0.39 is 17.8 Å². The van der Waals surface area contributed by atoms with E-state index in [9.17, 15) is 14.0 Å². The summed E-state index contributed by atoms with van der Waals surface area (Å²) in [6.45, 7) is 0. The standard InChI is InChI=1S/C14H16FN5O2/c1-19(2)13(21)10-8-9(4-5-11(10)15)16-14(22)17-12-6-7-20(3)18-12/h4-8H,1-3H3,(H2,16,17,18,22). The van der Waals surface area contributed by atoms with Crippen molar-refractivity contribution in [3.05, 3.63) is 41.8 Å². The zero-order valence-corrected chi connectivity index (χ0v) is 12.4. The van der Waals surface area contributed by atoms with E-state index in [2.05, 4.69) is 15.7 Å². The third kappa shape index (κ3) is 3.60. The summed E-state index contributed by atoms with van der Waals surface area (Å²) in [4.78, 5) is 24.9. The molecule has 0 unspecified atom stereocenters.